The molecule has 5 nitrogen and oxygen atoms in total. The van der Waals surface area contributed by atoms with Gasteiger partial charge in [-0.2, -0.15) is 0 Å². The first-order valence-corrected chi connectivity index (χ1v) is 6.79. The zero-order valence-electron chi connectivity index (χ0n) is 11.9. The van der Waals surface area contributed by atoms with E-state index in [9.17, 15) is 14.7 Å². The number of nitrogens with two attached hydrogens (primary N) is 1. The maximum atomic E-state index is 11.7. The number of hydrogen-bond acceptors (Lipinski definition) is 4. The molecule has 110 valence electrons. The van der Waals surface area contributed by atoms with Crippen molar-refractivity contribution in [2.45, 2.75) is 51.7 Å². The summed E-state index contributed by atoms with van der Waals surface area (Å²) in [4.78, 5) is 23.3. The highest BCUT2D eigenvalue weighted by atomic mass is 16.3. The molecule has 19 heavy (non-hydrogen) atoms. The Bertz CT molecular complexity index is 305. The highest BCUT2D eigenvalue weighted by Gasteiger charge is 2.23. The van der Waals surface area contributed by atoms with E-state index in [0.717, 1.165) is 19.3 Å². The summed E-state index contributed by atoms with van der Waals surface area (Å²) < 4.78 is 0. The van der Waals surface area contributed by atoms with Crippen LogP contribution in [0.1, 0.15) is 39.5 Å². The Kier molecular flexibility index (Phi) is 9.08. The van der Waals surface area contributed by atoms with Gasteiger partial charge in [0.15, 0.2) is 5.78 Å². The summed E-state index contributed by atoms with van der Waals surface area (Å²) in [6.45, 7) is 7.28. The Labute approximate surface area is 115 Å². The molecule has 3 atom stereocenters. The molecule has 3 unspecified atom stereocenters. The van der Waals surface area contributed by atoms with Crippen LogP contribution < -0.4 is 11.1 Å². The van der Waals surface area contributed by atoms with Gasteiger partial charge in [0.05, 0.1) is 6.54 Å². The molecular weight excluding hydrogens is 244 g/mol. The van der Waals surface area contributed by atoms with Gasteiger partial charge in [-0.1, -0.05) is 26.3 Å². The van der Waals surface area contributed by atoms with Gasteiger partial charge in [-0.25, -0.2) is 0 Å². The van der Waals surface area contributed by atoms with Crippen molar-refractivity contribution < 1.29 is 14.7 Å². The first-order chi connectivity index (χ1) is 8.93. The van der Waals surface area contributed by atoms with Gasteiger partial charge in [-0.15, -0.1) is 6.58 Å². The number of aliphatic hydroxyl groups is 1. The van der Waals surface area contributed by atoms with Crippen molar-refractivity contribution in [3.05, 3.63) is 12.7 Å². The lowest BCUT2D eigenvalue weighted by Crippen LogP contribution is -2.47. The third kappa shape index (κ3) is 7.08. The minimum atomic E-state index is -1.25. The number of carbonyl (C=O) groups excluding carboxylic acids is 2. The highest BCUT2D eigenvalue weighted by molar-refractivity contribution is 5.89. The second kappa shape index (κ2) is 9.69. The van der Waals surface area contributed by atoms with Crippen molar-refractivity contribution in [3.8, 4) is 0 Å². The van der Waals surface area contributed by atoms with E-state index in [0.29, 0.717) is 6.42 Å². The van der Waals surface area contributed by atoms with Crippen LogP contribution in [-0.2, 0) is 9.59 Å². The zero-order valence-corrected chi connectivity index (χ0v) is 11.9. The third-order valence-electron chi connectivity index (χ3n) is 3.09. The summed E-state index contributed by atoms with van der Waals surface area (Å²) in [6, 6.07) is -0.585. The first kappa shape index (κ1) is 17.8. The van der Waals surface area contributed by atoms with Gasteiger partial charge in [-0.05, 0) is 19.3 Å². The fraction of sp³-hybridized carbons (Fsp3) is 0.714. The van der Waals surface area contributed by atoms with Gasteiger partial charge in [0.2, 0.25) is 0 Å². The Hall–Kier alpha value is -1.20. The average Bonchev–Trinajstić information content (AvgIpc) is 2.40. The number of hydrogen-bond donors (Lipinski definition) is 3. The van der Waals surface area contributed by atoms with Crippen LogP contribution >= 0.6 is 0 Å². The molecule has 0 aromatic heterocycles. The van der Waals surface area contributed by atoms with Crippen molar-refractivity contribution in [3.63, 3.8) is 0 Å². The van der Waals surface area contributed by atoms with E-state index in [1.54, 1.807) is 6.08 Å². The summed E-state index contributed by atoms with van der Waals surface area (Å²) in [5, 5.41) is 12.1. The zero-order chi connectivity index (χ0) is 14.8. The van der Waals surface area contributed by atoms with Crippen LogP contribution in [0.15, 0.2) is 12.7 Å². The molecule has 0 aliphatic rings. The Morgan fingerprint density at radius 1 is 1.42 bits per heavy atom. The molecule has 0 bridgehead atoms. The van der Waals surface area contributed by atoms with E-state index >= 15 is 0 Å². The molecule has 0 spiro atoms. The van der Waals surface area contributed by atoms with Gasteiger partial charge in [0, 0.05) is 12.0 Å². The number of aliphatic hydroxyl groups excluding tert-OH is 1. The quantitative estimate of drug-likeness (QED) is 0.511. The minimum absolute atomic E-state index is 0.0496. The van der Waals surface area contributed by atoms with Crippen LogP contribution in [0.2, 0.25) is 0 Å². The third-order valence-corrected chi connectivity index (χ3v) is 3.09. The summed E-state index contributed by atoms with van der Waals surface area (Å²) >= 11 is 0. The van der Waals surface area contributed by atoms with Crippen LogP contribution in [0.25, 0.3) is 0 Å². The largest absolute Gasteiger partial charge is 0.382 e. The number of nitrogens with one attached hydrogen (secondary N) is 1. The number of Topliss-reactive ketones (excluding diaryl/α,β-unsaturated/α-hetero) is 1. The molecule has 0 saturated carbocycles. The van der Waals surface area contributed by atoms with E-state index in [1.807, 2.05) is 13.8 Å². The van der Waals surface area contributed by atoms with Crippen molar-refractivity contribution >= 4 is 11.7 Å². The molecule has 0 saturated heterocycles. The van der Waals surface area contributed by atoms with Gasteiger partial charge >= 0.3 is 0 Å². The summed E-state index contributed by atoms with van der Waals surface area (Å²) in [6.07, 6.45) is 3.36. The molecule has 0 aliphatic carbocycles. The normalized spacial score (nSPS) is 15.4. The Morgan fingerprint density at radius 2 is 2.05 bits per heavy atom. The summed E-state index contributed by atoms with van der Waals surface area (Å²) in [5.41, 5.74) is 5.65. The van der Waals surface area contributed by atoms with Crippen molar-refractivity contribution in [2.24, 2.45) is 11.7 Å². The summed E-state index contributed by atoms with van der Waals surface area (Å²) in [5.74, 6) is -0.753. The number of amides is 1. The average molecular weight is 270 g/mol. The minimum Gasteiger partial charge on any atom is -0.382 e. The molecule has 0 rings (SSSR count). The van der Waals surface area contributed by atoms with Crippen LogP contribution in [-0.4, -0.2) is 35.5 Å². The topological polar surface area (TPSA) is 92.4 Å². The second-order valence-corrected chi connectivity index (χ2v) is 4.85. The molecule has 0 aliphatic heterocycles. The van der Waals surface area contributed by atoms with E-state index in [4.69, 9.17) is 5.73 Å². The maximum Gasteiger partial charge on any atom is 0.250 e. The predicted molar refractivity (Wildman–Crippen MR) is 75.5 cm³/mol. The van der Waals surface area contributed by atoms with E-state index < -0.39 is 18.1 Å². The fourth-order valence-corrected chi connectivity index (χ4v) is 1.67. The SMILES string of the molecule is C=CCCC(C)C(=O)CNC(=O)C(O)C(N)CCC. The van der Waals surface area contributed by atoms with Crippen molar-refractivity contribution in [1.29, 1.82) is 0 Å². The lowest BCUT2D eigenvalue weighted by Gasteiger charge is -2.18. The molecule has 0 fully saturated rings. The standard InChI is InChI=1S/C14H26N2O3/c1-4-6-8-10(3)12(17)9-16-14(19)13(18)11(15)7-5-2/h4,10-11,13,18H,1,5-9,15H2,2-3H3,(H,16,19). The fourth-order valence-electron chi connectivity index (χ4n) is 1.67. The van der Waals surface area contributed by atoms with Gasteiger partial charge < -0.3 is 16.2 Å². The molecule has 5 heteroatoms. The van der Waals surface area contributed by atoms with Crippen LogP contribution in [0.5, 0.6) is 0 Å². The molecule has 0 heterocycles. The monoisotopic (exact) mass is 270 g/mol. The van der Waals surface area contributed by atoms with Crippen LogP contribution in [0, 0.1) is 5.92 Å². The van der Waals surface area contributed by atoms with Crippen molar-refractivity contribution in [2.75, 3.05) is 6.54 Å². The number of ketones is 1. The smallest absolute Gasteiger partial charge is 0.250 e. The molecule has 0 aromatic rings. The van der Waals surface area contributed by atoms with Crippen LogP contribution in [0.3, 0.4) is 0 Å². The molecule has 0 radical (unpaired) electrons. The number of carbonyl (C=O) groups is 2. The molecular formula is C14H26N2O3. The maximum absolute atomic E-state index is 11.7. The van der Waals surface area contributed by atoms with Crippen LogP contribution in [0.4, 0.5) is 0 Å². The van der Waals surface area contributed by atoms with Crippen molar-refractivity contribution in [1.82, 2.24) is 5.32 Å². The molecule has 0 aromatic carbocycles. The first-order valence-electron chi connectivity index (χ1n) is 6.79. The second-order valence-electron chi connectivity index (χ2n) is 4.85. The molecule has 4 N–H and O–H groups in total. The van der Waals surface area contributed by atoms with E-state index in [2.05, 4.69) is 11.9 Å². The lowest BCUT2D eigenvalue weighted by atomic mass is 10.0. The predicted octanol–water partition coefficient (Wildman–Crippen LogP) is 0.762. The van der Waals surface area contributed by atoms with E-state index in [1.165, 1.54) is 0 Å². The highest BCUT2D eigenvalue weighted by Crippen LogP contribution is 2.06. The molecule has 1 amide bonds. The lowest BCUT2D eigenvalue weighted by molar-refractivity contribution is -0.133. The number of allylic oxidation sites excluding steroid dienone is 1. The number of rotatable bonds is 10. The van der Waals surface area contributed by atoms with Gasteiger partial charge in [-0.3, -0.25) is 9.59 Å². The van der Waals surface area contributed by atoms with E-state index in [-0.39, 0.29) is 18.2 Å². The Morgan fingerprint density at radius 3 is 2.58 bits per heavy atom. The Balaban J connectivity index is 4.07. The van der Waals surface area contributed by atoms with Gasteiger partial charge in [0.25, 0.3) is 5.91 Å². The van der Waals surface area contributed by atoms with Gasteiger partial charge in [0.1, 0.15) is 6.10 Å². The summed E-state index contributed by atoms with van der Waals surface area (Å²) in [7, 11) is 0.